The van der Waals surface area contributed by atoms with Gasteiger partial charge >= 0.3 is 0 Å². The smallest absolute Gasteiger partial charge is 0.205 e. The molecule has 0 aromatic heterocycles. The van der Waals surface area contributed by atoms with Crippen LogP contribution in [0.1, 0.15) is 55.4 Å². The molecule has 0 spiro atoms. The van der Waals surface area contributed by atoms with Gasteiger partial charge in [0, 0.05) is 23.1 Å². The predicted octanol–water partition coefficient (Wildman–Crippen LogP) is 6.42. The second-order valence-electron chi connectivity index (χ2n) is 7.76. The Morgan fingerprint density at radius 1 is 1.03 bits per heavy atom. The summed E-state index contributed by atoms with van der Waals surface area (Å²) >= 11 is 0. The quantitative estimate of drug-likeness (QED) is 0.428. The lowest BCUT2D eigenvalue weighted by atomic mass is 9.90. The molecule has 7 heteroatoms. The molecule has 1 saturated heterocycles. The van der Waals surface area contributed by atoms with Crippen LogP contribution < -0.4 is 9.47 Å². The third-order valence-electron chi connectivity index (χ3n) is 5.76. The molecular weight excluding hydrogens is 400 g/mol. The molecule has 0 amide bonds. The molecule has 2 heterocycles. The van der Waals surface area contributed by atoms with Crippen LogP contribution in [0.5, 0.6) is 17.2 Å². The van der Waals surface area contributed by atoms with Crippen LogP contribution in [0.15, 0.2) is 18.2 Å². The van der Waals surface area contributed by atoms with E-state index in [1.807, 2.05) is 0 Å². The van der Waals surface area contributed by atoms with Crippen molar-refractivity contribution in [1.82, 2.24) is 0 Å². The predicted molar refractivity (Wildman–Crippen MR) is 103 cm³/mol. The molecule has 0 radical (unpaired) electrons. The number of alkyl halides is 1. The maximum atomic E-state index is 15.3. The van der Waals surface area contributed by atoms with Crippen molar-refractivity contribution >= 4 is 0 Å². The van der Waals surface area contributed by atoms with Crippen LogP contribution in [0.4, 0.5) is 17.6 Å². The Morgan fingerprint density at radius 3 is 2.53 bits per heavy atom. The highest BCUT2D eigenvalue weighted by Gasteiger charge is 2.31. The summed E-state index contributed by atoms with van der Waals surface area (Å²) < 4.78 is 72.9. The maximum Gasteiger partial charge on any atom is 0.205 e. The van der Waals surface area contributed by atoms with E-state index in [0.717, 1.165) is 12.8 Å². The number of hydrogen-bond donors (Lipinski definition) is 0. The SMILES string of the molecule is CCOc1cc2c(c(F)c1F)Oc1c(ccc(C3CCC(CCCF)CO3)c1F)C2. The lowest BCUT2D eigenvalue weighted by molar-refractivity contribution is -0.0219. The molecule has 2 atom stereocenters. The van der Waals surface area contributed by atoms with E-state index in [1.165, 1.54) is 6.07 Å². The summed E-state index contributed by atoms with van der Waals surface area (Å²) in [7, 11) is 0. The molecule has 2 aromatic carbocycles. The van der Waals surface area contributed by atoms with Crippen molar-refractivity contribution in [3.63, 3.8) is 0 Å². The van der Waals surface area contributed by atoms with E-state index in [-0.39, 0.29) is 42.9 Å². The van der Waals surface area contributed by atoms with Crippen LogP contribution in [-0.2, 0) is 11.2 Å². The van der Waals surface area contributed by atoms with Crippen molar-refractivity contribution in [1.29, 1.82) is 0 Å². The van der Waals surface area contributed by atoms with Gasteiger partial charge in [-0.2, -0.15) is 8.78 Å². The van der Waals surface area contributed by atoms with Crippen LogP contribution in [0.2, 0.25) is 0 Å². The fourth-order valence-electron chi connectivity index (χ4n) is 4.20. The molecule has 4 rings (SSSR count). The van der Waals surface area contributed by atoms with Gasteiger partial charge < -0.3 is 14.2 Å². The summed E-state index contributed by atoms with van der Waals surface area (Å²) in [6, 6.07) is 4.79. The topological polar surface area (TPSA) is 27.7 Å². The number of benzene rings is 2. The maximum absolute atomic E-state index is 15.3. The number of ether oxygens (including phenoxy) is 3. The molecule has 30 heavy (non-hydrogen) atoms. The fraction of sp³-hybridized carbons (Fsp3) is 0.478. The molecule has 0 aliphatic carbocycles. The van der Waals surface area contributed by atoms with Crippen molar-refractivity contribution < 1.29 is 31.8 Å². The Kier molecular flexibility index (Phi) is 6.18. The lowest BCUT2D eigenvalue weighted by Gasteiger charge is -2.30. The van der Waals surface area contributed by atoms with Crippen molar-refractivity contribution in [2.75, 3.05) is 19.9 Å². The van der Waals surface area contributed by atoms with E-state index >= 15 is 4.39 Å². The second-order valence-corrected chi connectivity index (χ2v) is 7.76. The van der Waals surface area contributed by atoms with Gasteiger partial charge in [-0.25, -0.2) is 4.39 Å². The van der Waals surface area contributed by atoms with Crippen molar-refractivity contribution in [2.45, 2.75) is 45.1 Å². The van der Waals surface area contributed by atoms with Gasteiger partial charge in [0.05, 0.1) is 26.0 Å². The summed E-state index contributed by atoms with van der Waals surface area (Å²) in [6.45, 7) is 1.98. The lowest BCUT2D eigenvalue weighted by Crippen LogP contribution is -2.22. The van der Waals surface area contributed by atoms with Crippen LogP contribution in [-0.4, -0.2) is 19.9 Å². The standard InChI is InChI=1S/C23H24F4O3/c1-2-28-18-11-15-10-14-6-7-16(17-8-5-13(12-29-17)4-3-9-24)19(25)22(14)30-23(15)21(27)20(18)26/h6-7,11,13,17H,2-5,8-10,12H2,1H3. The van der Waals surface area contributed by atoms with Gasteiger partial charge in [0.15, 0.2) is 23.1 Å². The first-order valence-electron chi connectivity index (χ1n) is 10.3. The Bertz CT molecular complexity index is 923. The Morgan fingerprint density at radius 2 is 1.83 bits per heavy atom. The summed E-state index contributed by atoms with van der Waals surface area (Å²) in [4.78, 5) is 0. The average molecular weight is 424 g/mol. The largest absolute Gasteiger partial charge is 0.491 e. The number of fused-ring (bicyclic) bond motifs is 2. The Balaban J connectivity index is 1.57. The van der Waals surface area contributed by atoms with E-state index < -0.39 is 23.6 Å². The van der Waals surface area contributed by atoms with E-state index in [0.29, 0.717) is 36.1 Å². The van der Waals surface area contributed by atoms with Gasteiger partial charge in [0.25, 0.3) is 0 Å². The first kappa shape index (κ1) is 21.0. The zero-order valence-corrected chi connectivity index (χ0v) is 16.8. The monoisotopic (exact) mass is 424 g/mol. The van der Waals surface area contributed by atoms with Gasteiger partial charge in [-0.05, 0) is 44.6 Å². The number of rotatable bonds is 6. The average Bonchev–Trinajstić information content (AvgIpc) is 2.76. The van der Waals surface area contributed by atoms with Crippen LogP contribution >= 0.6 is 0 Å². The minimum Gasteiger partial charge on any atom is -0.491 e. The van der Waals surface area contributed by atoms with Gasteiger partial charge in [-0.1, -0.05) is 12.1 Å². The molecule has 0 saturated carbocycles. The van der Waals surface area contributed by atoms with Crippen molar-refractivity contribution in [3.8, 4) is 17.2 Å². The normalized spacial score (nSPS) is 20.3. The molecule has 162 valence electrons. The summed E-state index contributed by atoms with van der Waals surface area (Å²) in [5.41, 5.74) is 1.29. The molecule has 2 aliphatic rings. The third-order valence-corrected chi connectivity index (χ3v) is 5.76. The number of hydrogen-bond acceptors (Lipinski definition) is 3. The Labute approximate surface area is 172 Å². The molecule has 2 unspecified atom stereocenters. The van der Waals surface area contributed by atoms with E-state index in [9.17, 15) is 13.2 Å². The minimum absolute atomic E-state index is 0.0920. The van der Waals surface area contributed by atoms with E-state index in [1.54, 1.807) is 19.1 Å². The fourth-order valence-corrected chi connectivity index (χ4v) is 4.20. The zero-order chi connectivity index (χ0) is 21.3. The molecule has 2 aromatic rings. The molecular formula is C23H24F4O3. The molecule has 0 N–H and O–H groups in total. The second kappa shape index (κ2) is 8.84. The summed E-state index contributed by atoms with van der Waals surface area (Å²) in [5.74, 6) is -3.25. The van der Waals surface area contributed by atoms with Crippen LogP contribution in [0, 0.1) is 23.4 Å². The molecule has 0 bridgehead atoms. The highest BCUT2D eigenvalue weighted by Crippen LogP contribution is 2.45. The first-order chi connectivity index (χ1) is 14.5. The number of halogens is 4. The van der Waals surface area contributed by atoms with Gasteiger partial charge in [0.2, 0.25) is 11.6 Å². The molecule has 3 nitrogen and oxygen atoms in total. The zero-order valence-electron chi connectivity index (χ0n) is 16.8. The highest BCUT2D eigenvalue weighted by atomic mass is 19.2. The van der Waals surface area contributed by atoms with Gasteiger partial charge in [0.1, 0.15) is 0 Å². The molecule has 2 aliphatic heterocycles. The van der Waals surface area contributed by atoms with E-state index in [4.69, 9.17) is 14.2 Å². The van der Waals surface area contributed by atoms with Gasteiger partial charge in [-0.15, -0.1) is 0 Å². The first-order valence-corrected chi connectivity index (χ1v) is 10.3. The summed E-state index contributed by atoms with van der Waals surface area (Å²) in [5, 5.41) is 0. The van der Waals surface area contributed by atoms with Gasteiger partial charge in [-0.3, -0.25) is 4.39 Å². The van der Waals surface area contributed by atoms with Crippen LogP contribution in [0.3, 0.4) is 0 Å². The third kappa shape index (κ3) is 3.87. The summed E-state index contributed by atoms with van der Waals surface area (Å²) in [6.07, 6.45) is 2.46. The highest BCUT2D eigenvalue weighted by molar-refractivity contribution is 5.55. The van der Waals surface area contributed by atoms with Crippen molar-refractivity contribution in [2.24, 2.45) is 5.92 Å². The Hall–Kier alpha value is -2.28. The van der Waals surface area contributed by atoms with Crippen molar-refractivity contribution in [3.05, 3.63) is 52.3 Å². The van der Waals surface area contributed by atoms with E-state index in [2.05, 4.69) is 0 Å². The molecule has 1 fully saturated rings. The minimum atomic E-state index is -1.18. The van der Waals surface area contributed by atoms with Crippen LogP contribution in [0.25, 0.3) is 0 Å².